The SMILES string of the molecule is C=CC(C)=C(C)C(=CC)C(=O)N1CC2CN(c3nc(C)cc(C)n3)CC2C1. The highest BCUT2D eigenvalue weighted by molar-refractivity contribution is 5.98. The molecule has 2 aliphatic heterocycles. The van der Waals surface area contributed by atoms with Crippen molar-refractivity contribution in [1.82, 2.24) is 14.9 Å². The molecule has 3 rings (SSSR count). The van der Waals surface area contributed by atoms with Crippen molar-refractivity contribution in [3.8, 4) is 0 Å². The molecule has 2 fully saturated rings. The minimum Gasteiger partial charge on any atom is -0.340 e. The normalized spacial score (nSPS) is 23.4. The molecule has 2 aliphatic rings. The summed E-state index contributed by atoms with van der Waals surface area (Å²) in [6.07, 6.45) is 3.74. The second-order valence-corrected chi connectivity index (χ2v) is 7.80. The van der Waals surface area contributed by atoms with Crippen LogP contribution in [-0.4, -0.2) is 47.0 Å². The summed E-state index contributed by atoms with van der Waals surface area (Å²) in [4.78, 5) is 26.6. The van der Waals surface area contributed by atoms with Gasteiger partial charge in [-0.1, -0.05) is 18.7 Å². The molecule has 2 atom stereocenters. The Bertz CT molecular complexity index is 789. The fourth-order valence-corrected chi connectivity index (χ4v) is 4.21. The first kappa shape index (κ1) is 19.3. The number of nitrogens with zero attached hydrogens (tertiary/aromatic N) is 4. The summed E-state index contributed by atoms with van der Waals surface area (Å²) in [6.45, 7) is 17.2. The van der Waals surface area contributed by atoms with Crippen LogP contribution in [0.5, 0.6) is 0 Å². The predicted molar refractivity (Wildman–Crippen MR) is 110 cm³/mol. The van der Waals surface area contributed by atoms with Gasteiger partial charge in [0.2, 0.25) is 5.95 Å². The standard InChI is InChI=1S/C22H30N4O/c1-7-14(3)17(6)20(8-2)21(27)25-10-18-12-26(13-19(18)11-25)22-23-15(4)9-16(5)24-22/h7-9,18-19H,1,10-13H2,2-6H3. The summed E-state index contributed by atoms with van der Waals surface area (Å²) in [7, 11) is 0. The molecule has 3 heterocycles. The molecule has 0 spiro atoms. The summed E-state index contributed by atoms with van der Waals surface area (Å²) in [6, 6.07) is 2.00. The minimum atomic E-state index is 0.139. The van der Waals surface area contributed by atoms with E-state index in [-0.39, 0.29) is 5.91 Å². The van der Waals surface area contributed by atoms with E-state index >= 15 is 0 Å². The summed E-state index contributed by atoms with van der Waals surface area (Å²) >= 11 is 0. The lowest BCUT2D eigenvalue weighted by atomic mass is 10.0. The topological polar surface area (TPSA) is 49.3 Å². The molecule has 2 saturated heterocycles. The van der Waals surface area contributed by atoms with Gasteiger partial charge in [0.25, 0.3) is 5.91 Å². The number of carbonyl (C=O) groups excluding carboxylic acids is 1. The minimum absolute atomic E-state index is 0.139. The van der Waals surface area contributed by atoms with Crippen molar-refractivity contribution in [3.63, 3.8) is 0 Å². The van der Waals surface area contributed by atoms with E-state index in [0.29, 0.717) is 11.8 Å². The highest BCUT2D eigenvalue weighted by Gasteiger charge is 2.42. The van der Waals surface area contributed by atoms with Gasteiger partial charge in [-0.15, -0.1) is 0 Å². The maximum absolute atomic E-state index is 13.1. The van der Waals surface area contributed by atoms with Gasteiger partial charge in [-0.2, -0.15) is 0 Å². The van der Waals surface area contributed by atoms with E-state index in [4.69, 9.17) is 0 Å². The van der Waals surface area contributed by atoms with Crippen LogP contribution < -0.4 is 4.90 Å². The quantitative estimate of drug-likeness (QED) is 0.605. The number of hydrogen-bond acceptors (Lipinski definition) is 4. The van der Waals surface area contributed by atoms with Gasteiger partial charge in [-0.25, -0.2) is 9.97 Å². The Hall–Kier alpha value is -2.43. The Morgan fingerprint density at radius 2 is 1.67 bits per heavy atom. The van der Waals surface area contributed by atoms with Gasteiger partial charge in [0.1, 0.15) is 0 Å². The smallest absolute Gasteiger partial charge is 0.253 e. The van der Waals surface area contributed by atoms with E-state index in [9.17, 15) is 4.79 Å². The van der Waals surface area contributed by atoms with Gasteiger partial charge in [0, 0.05) is 55.0 Å². The Kier molecular flexibility index (Phi) is 5.49. The molecule has 1 amide bonds. The van der Waals surface area contributed by atoms with Gasteiger partial charge >= 0.3 is 0 Å². The Morgan fingerprint density at radius 1 is 1.11 bits per heavy atom. The maximum atomic E-state index is 13.1. The number of likely N-dealkylation sites (tertiary alicyclic amines) is 1. The second kappa shape index (κ2) is 7.67. The van der Waals surface area contributed by atoms with E-state index < -0.39 is 0 Å². The van der Waals surface area contributed by atoms with Crippen molar-refractivity contribution in [2.45, 2.75) is 34.6 Å². The van der Waals surface area contributed by atoms with Crippen LogP contribution >= 0.6 is 0 Å². The third-order valence-electron chi connectivity index (χ3n) is 5.85. The lowest BCUT2D eigenvalue weighted by molar-refractivity contribution is -0.126. The number of rotatable bonds is 4. The molecule has 2 unspecified atom stereocenters. The number of anilines is 1. The molecular formula is C22H30N4O. The van der Waals surface area contributed by atoms with Crippen LogP contribution in [0.2, 0.25) is 0 Å². The zero-order valence-electron chi connectivity index (χ0n) is 17.1. The Morgan fingerprint density at radius 3 is 2.15 bits per heavy atom. The summed E-state index contributed by atoms with van der Waals surface area (Å²) < 4.78 is 0. The molecule has 1 aromatic heterocycles. The summed E-state index contributed by atoms with van der Waals surface area (Å²) in [5.41, 5.74) is 4.86. The highest BCUT2D eigenvalue weighted by atomic mass is 16.2. The number of allylic oxidation sites excluding steroid dienone is 3. The molecule has 0 bridgehead atoms. The van der Waals surface area contributed by atoms with Gasteiger partial charge < -0.3 is 9.80 Å². The number of hydrogen-bond donors (Lipinski definition) is 0. The van der Waals surface area contributed by atoms with Crippen molar-refractivity contribution in [2.75, 3.05) is 31.1 Å². The fourth-order valence-electron chi connectivity index (χ4n) is 4.21. The van der Waals surface area contributed by atoms with Crippen LogP contribution in [0.1, 0.15) is 32.2 Å². The Labute approximate surface area is 162 Å². The van der Waals surface area contributed by atoms with Gasteiger partial charge in [-0.3, -0.25) is 4.79 Å². The number of amides is 1. The van der Waals surface area contributed by atoms with Crippen molar-refractivity contribution >= 4 is 11.9 Å². The van der Waals surface area contributed by atoms with Crippen molar-refractivity contribution in [3.05, 3.63) is 52.9 Å². The maximum Gasteiger partial charge on any atom is 0.253 e. The highest BCUT2D eigenvalue weighted by Crippen LogP contribution is 2.34. The van der Waals surface area contributed by atoms with Crippen LogP contribution in [0.25, 0.3) is 0 Å². The molecule has 0 aliphatic carbocycles. The van der Waals surface area contributed by atoms with Crippen LogP contribution in [0, 0.1) is 25.7 Å². The second-order valence-electron chi connectivity index (χ2n) is 7.80. The zero-order valence-corrected chi connectivity index (χ0v) is 17.1. The number of aromatic nitrogens is 2. The predicted octanol–water partition coefficient (Wildman–Crippen LogP) is 3.46. The van der Waals surface area contributed by atoms with E-state index in [2.05, 4.69) is 21.4 Å². The van der Waals surface area contributed by atoms with E-state index in [1.165, 1.54) is 0 Å². The van der Waals surface area contributed by atoms with Crippen molar-refractivity contribution < 1.29 is 4.79 Å². The molecule has 1 aromatic rings. The fraction of sp³-hybridized carbons (Fsp3) is 0.500. The number of carbonyl (C=O) groups is 1. The number of fused-ring (bicyclic) bond motifs is 1. The summed E-state index contributed by atoms with van der Waals surface area (Å²) in [5, 5.41) is 0. The van der Waals surface area contributed by atoms with Crippen molar-refractivity contribution in [2.24, 2.45) is 11.8 Å². The zero-order chi connectivity index (χ0) is 19.7. The van der Waals surface area contributed by atoms with E-state index in [0.717, 1.165) is 60.2 Å². The van der Waals surface area contributed by atoms with Crippen LogP contribution in [0.15, 0.2) is 41.5 Å². The Balaban J connectivity index is 1.69. The van der Waals surface area contributed by atoms with Gasteiger partial charge in [0.05, 0.1) is 0 Å². The first-order valence-corrected chi connectivity index (χ1v) is 9.67. The molecule has 0 N–H and O–H groups in total. The van der Waals surface area contributed by atoms with Gasteiger partial charge in [0.15, 0.2) is 0 Å². The first-order chi connectivity index (χ1) is 12.8. The summed E-state index contributed by atoms with van der Waals surface area (Å²) in [5.74, 6) is 1.94. The third kappa shape index (κ3) is 3.82. The van der Waals surface area contributed by atoms with Gasteiger partial charge in [-0.05, 0) is 51.8 Å². The molecule has 144 valence electrons. The lowest BCUT2D eigenvalue weighted by Gasteiger charge is -2.23. The molecule has 0 radical (unpaired) electrons. The third-order valence-corrected chi connectivity index (χ3v) is 5.85. The van der Waals surface area contributed by atoms with Crippen LogP contribution in [0.3, 0.4) is 0 Å². The molecule has 0 saturated carbocycles. The molecule has 5 heteroatoms. The monoisotopic (exact) mass is 366 g/mol. The molecular weight excluding hydrogens is 336 g/mol. The molecule has 5 nitrogen and oxygen atoms in total. The van der Waals surface area contributed by atoms with Crippen LogP contribution in [-0.2, 0) is 4.79 Å². The number of aryl methyl sites for hydroxylation is 2. The van der Waals surface area contributed by atoms with E-state index in [1.807, 2.05) is 57.7 Å². The first-order valence-electron chi connectivity index (χ1n) is 9.67. The lowest BCUT2D eigenvalue weighted by Crippen LogP contribution is -2.35. The average Bonchev–Trinajstić information content (AvgIpc) is 3.19. The van der Waals surface area contributed by atoms with E-state index in [1.54, 1.807) is 0 Å². The average molecular weight is 367 g/mol. The molecule has 0 aromatic carbocycles. The largest absolute Gasteiger partial charge is 0.340 e. The molecule has 27 heavy (non-hydrogen) atoms. The van der Waals surface area contributed by atoms with Crippen LogP contribution in [0.4, 0.5) is 5.95 Å². The van der Waals surface area contributed by atoms with Crippen molar-refractivity contribution in [1.29, 1.82) is 0 Å².